The third-order valence-electron chi connectivity index (χ3n) is 11.9. The van der Waals surface area contributed by atoms with Crippen molar-refractivity contribution < 1.29 is 0 Å². The number of benzene rings is 9. The van der Waals surface area contributed by atoms with Crippen LogP contribution in [0.5, 0.6) is 0 Å². The standard InChI is InChI=1S/C52H30N2.CH4/c1-29-8-5-9-30(2)45(29)39-24-25-42-48-38(39)13-7-15-41(48)52-47(34-22-18-32(28-54)19-23-34)50-40-14-6-12-37-35-10-3-4-11-36(35)43(49(37)40)26-44(50)46(51(42)52)33-20-16-31(27-53)17-21-33;/h3-26H,1-2H3;1H4. The van der Waals surface area contributed by atoms with Crippen molar-refractivity contribution in [2.24, 2.45) is 0 Å². The summed E-state index contributed by atoms with van der Waals surface area (Å²) in [6.07, 6.45) is 0. The van der Waals surface area contributed by atoms with Gasteiger partial charge in [-0.2, -0.15) is 10.5 Å². The monoisotopic (exact) mass is 698 g/mol. The number of hydrogen-bond acceptors (Lipinski definition) is 2. The van der Waals surface area contributed by atoms with Gasteiger partial charge in [-0.25, -0.2) is 0 Å². The summed E-state index contributed by atoms with van der Waals surface area (Å²) >= 11 is 0. The van der Waals surface area contributed by atoms with Gasteiger partial charge in [-0.15, -0.1) is 0 Å². The van der Waals surface area contributed by atoms with Crippen LogP contribution in [0, 0.1) is 36.5 Å². The molecule has 2 heteroatoms. The van der Waals surface area contributed by atoms with E-state index in [1.54, 1.807) is 0 Å². The minimum Gasteiger partial charge on any atom is -0.192 e. The van der Waals surface area contributed by atoms with E-state index in [0.717, 1.165) is 11.1 Å². The fourth-order valence-electron chi connectivity index (χ4n) is 9.68. The van der Waals surface area contributed by atoms with Gasteiger partial charge in [0.25, 0.3) is 0 Å². The smallest absolute Gasteiger partial charge is 0.0991 e. The van der Waals surface area contributed by atoms with E-state index in [1.807, 2.05) is 24.3 Å². The normalized spacial score (nSPS) is 11.6. The van der Waals surface area contributed by atoms with Crippen LogP contribution in [0.15, 0.2) is 146 Å². The molecule has 0 fully saturated rings. The number of rotatable bonds is 3. The summed E-state index contributed by atoms with van der Waals surface area (Å²) < 4.78 is 0. The molecule has 0 N–H and O–H groups in total. The molecule has 11 rings (SSSR count). The van der Waals surface area contributed by atoms with Gasteiger partial charge in [-0.3, -0.25) is 0 Å². The molecule has 0 unspecified atom stereocenters. The lowest BCUT2D eigenvalue weighted by Gasteiger charge is -2.19. The Morgan fingerprint density at radius 2 is 0.818 bits per heavy atom. The molecular formula is C53H34N2. The molecule has 0 bridgehead atoms. The van der Waals surface area contributed by atoms with Crippen molar-refractivity contribution >= 4 is 75.4 Å². The molecule has 0 aromatic heterocycles. The van der Waals surface area contributed by atoms with E-state index in [4.69, 9.17) is 0 Å². The minimum absolute atomic E-state index is 0. The molecule has 0 amide bonds. The van der Waals surface area contributed by atoms with Crippen LogP contribution in [0.25, 0.3) is 109 Å². The van der Waals surface area contributed by atoms with E-state index in [9.17, 15) is 10.5 Å². The second-order valence-corrected chi connectivity index (χ2v) is 14.7. The van der Waals surface area contributed by atoms with Crippen LogP contribution >= 0.6 is 0 Å². The van der Waals surface area contributed by atoms with Gasteiger partial charge in [0.2, 0.25) is 0 Å². The van der Waals surface area contributed by atoms with Crippen LogP contribution in [0.1, 0.15) is 29.7 Å². The molecule has 11 aromatic rings. The lowest BCUT2D eigenvalue weighted by atomic mass is 9.83. The highest BCUT2D eigenvalue weighted by Crippen LogP contribution is 2.55. The van der Waals surface area contributed by atoms with Gasteiger partial charge in [0, 0.05) is 0 Å². The summed E-state index contributed by atoms with van der Waals surface area (Å²) in [6, 6.07) is 56.9. The predicted molar refractivity (Wildman–Crippen MR) is 233 cm³/mol. The highest BCUT2D eigenvalue weighted by molar-refractivity contribution is 6.45. The number of hydrogen-bond donors (Lipinski definition) is 0. The molecule has 55 heavy (non-hydrogen) atoms. The Hall–Kier alpha value is -7.26. The first kappa shape index (κ1) is 32.4. The van der Waals surface area contributed by atoms with Gasteiger partial charge in [0.15, 0.2) is 0 Å². The maximum absolute atomic E-state index is 9.83. The second kappa shape index (κ2) is 11.9. The molecule has 256 valence electrons. The van der Waals surface area contributed by atoms with Crippen molar-refractivity contribution in [1.29, 1.82) is 10.5 Å². The summed E-state index contributed by atoms with van der Waals surface area (Å²) in [5, 5.41) is 36.9. The third-order valence-corrected chi connectivity index (χ3v) is 11.9. The molecular weight excluding hydrogens is 665 g/mol. The predicted octanol–water partition coefficient (Wildman–Crippen LogP) is 14.6. The van der Waals surface area contributed by atoms with Crippen molar-refractivity contribution in [3.8, 4) is 45.5 Å². The zero-order chi connectivity index (χ0) is 36.2. The maximum Gasteiger partial charge on any atom is 0.0991 e. The molecule has 0 heterocycles. The average Bonchev–Trinajstić information content (AvgIpc) is 3.72. The minimum atomic E-state index is 0. The van der Waals surface area contributed by atoms with E-state index < -0.39 is 0 Å². The molecule has 2 nitrogen and oxygen atoms in total. The first-order valence-corrected chi connectivity index (χ1v) is 18.4. The molecule has 0 spiro atoms. The molecule has 0 saturated heterocycles. The van der Waals surface area contributed by atoms with Crippen LogP contribution < -0.4 is 0 Å². The highest BCUT2D eigenvalue weighted by Gasteiger charge is 2.27. The Bertz CT molecular complexity index is 3430. The summed E-state index contributed by atoms with van der Waals surface area (Å²) in [5.74, 6) is 0. The average molecular weight is 699 g/mol. The lowest BCUT2D eigenvalue weighted by Crippen LogP contribution is -1.92. The first-order valence-electron chi connectivity index (χ1n) is 18.4. The summed E-state index contributed by atoms with van der Waals surface area (Å²) in [6.45, 7) is 4.41. The number of nitrogens with zero attached hydrogens (tertiary/aromatic N) is 2. The van der Waals surface area contributed by atoms with E-state index in [1.165, 1.54) is 109 Å². The fourth-order valence-corrected chi connectivity index (χ4v) is 9.68. The van der Waals surface area contributed by atoms with Gasteiger partial charge < -0.3 is 0 Å². The second-order valence-electron chi connectivity index (χ2n) is 14.7. The van der Waals surface area contributed by atoms with Crippen LogP contribution in [-0.4, -0.2) is 0 Å². The van der Waals surface area contributed by atoms with E-state index in [0.29, 0.717) is 11.1 Å². The zero-order valence-corrected chi connectivity index (χ0v) is 29.8. The summed E-state index contributed by atoms with van der Waals surface area (Å²) in [7, 11) is 0. The van der Waals surface area contributed by atoms with Crippen LogP contribution in [-0.2, 0) is 0 Å². The SMILES string of the molecule is C.Cc1cccc(C)c1-c1ccc2c3c(-c4ccc(C#N)cc4)c4cc5c6ccccc6c6cccc(c4c(-c4ccc(C#N)cc4)c3c3cccc1c23)c65. The highest BCUT2D eigenvalue weighted by atomic mass is 14.3. The largest absolute Gasteiger partial charge is 0.192 e. The Balaban J connectivity index is 0.00000372. The number of aryl methyl sites for hydroxylation is 2. The van der Waals surface area contributed by atoms with Crippen molar-refractivity contribution in [3.63, 3.8) is 0 Å². The maximum atomic E-state index is 9.83. The molecule has 0 aliphatic rings. The summed E-state index contributed by atoms with van der Waals surface area (Å²) in [4.78, 5) is 0. The van der Waals surface area contributed by atoms with Crippen LogP contribution in [0.4, 0.5) is 0 Å². The molecule has 11 aromatic carbocycles. The van der Waals surface area contributed by atoms with Crippen molar-refractivity contribution in [2.45, 2.75) is 21.3 Å². The molecule has 0 aliphatic heterocycles. The Morgan fingerprint density at radius 3 is 1.45 bits per heavy atom. The number of nitriles is 2. The molecule has 0 aliphatic carbocycles. The lowest BCUT2D eigenvalue weighted by molar-refractivity contribution is 1.39. The van der Waals surface area contributed by atoms with Crippen LogP contribution in [0.3, 0.4) is 0 Å². The first-order chi connectivity index (χ1) is 26.6. The molecule has 0 radical (unpaired) electrons. The van der Waals surface area contributed by atoms with E-state index >= 15 is 0 Å². The number of fused-ring (bicyclic) bond motifs is 8. The van der Waals surface area contributed by atoms with E-state index in [-0.39, 0.29) is 7.43 Å². The molecule has 0 saturated carbocycles. The molecule has 0 atom stereocenters. The van der Waals surface area contributed by atoms with E-state index in [2.05, 4.69) is 147 Å². The Labute approximate surface area is 319 Å². The Kier molecular flexibility index (Phi) is 7.00. The third kappa shape index (κ3) is 4.34. The zero-order valence-electron chi connectivity index (χ0n) is 29.8. The van der Waals surface area contributed by atoms with Crippen molar-refractivity contribution in [1.82, 2.24) is 0 Å². The van der Waals surface area contributed by atoms with Gasteiger partial charge in [-0.1, -0.05) is 123 Å². The van der Waals surface area contributed by atoms with Gasteiger partial charge in [0.1, 0.15) is 0 Å². The van der Waals surface area contributed by atoms with Crippen LogP contribution in [0.2, 0.25) is 0 Å². The quantitative estimate of drug-likeness (QED) is 0.172. The van der Waals surface area contributed by atoms with Gasteiger partial charge in [0.05, 0.1) is 23.3 Å². The fraction of sp³-hybridized carbons (Fsp3) is 0.0566. The summed E-state index contributed by atoms with van der Waals surface area (Å²) in [5.41, 5.74) is 10.8. The van der Waals surface area contributed by atoms with Crippen molar-refractivity contribution in [2.75, 3.05) is 0 Å². The van der Waals surface area contributed by atoms with Crippen molar-refractivity contribution in [3.05, 3.63) is 168 Å². The Morgan fingerprint density at radius 1 is 0.345 bits per heavy atom. The van der Waals surface area contributed by atoms with Gasteiger partial charge >= 0.3 is 0 Å². The van der Waals surface area contributed by atoms with Gasteiger partial charge in [-0.05, 0) is 164 Å². The topological polar surface area (TPSA) is 47.6 Å².